The van der Waals surface area contributed by atoms with Crippen LogP contribution >= 0.6 is 0 Å². The second kappa shape index (κ2) is 7.65. The maximum atomic E-state index is 12.5. The number of aryl methyl sites for hydroxylation is 2. The van der Waals surface area contributed by atoms with Gasteiger partial charge in [0.1, 0.15) is 6.04 Å². The van der Waals surface area contributed by atoms with E-state index in [9.17, 15) is 13.2 Å². The van der Waals surface area contributed by atoms with Gasteiger partial charge >= 0.3 is 0 Å². The van der Waals surface area contributed by atoms with Crippen LogP contribution in [0.4, 0.5) is 5.69 Å². The highest BCUT2D eigenvalue weighted by atomic mass is 32.2. The molecule has 0 radical (unpaired) electrons. The molecule has 7 heteroatoms. The summed E-state index contributed by atoms with van der Waals surface area (Å²) in [5.74, 6) is -0.361. The molecular weight excluding hydrogens is 338 g/mol. The standard InChI is InChI=1S/C18H23N3O3S/c1-13-5-6-17(11-14(13)2)21(25(4,23)24)15(3)18(22)20-12-16-7-9-19-10-8-16/h5-11,15H,12H2,1-4H3,(H,20,22)/t15-/m0/s1. The lowest BCUT2D eigenvalue weighted by Gasteiger charge is -2.28. The van der Waals surface area contributed by atoms with Gasteiger partial charge in [0.05, 0.1) is 11.9 Å². The molecule has 0 aliphatic heterocycles. The number of sulfonamides is 1. The minimum Gasteiger partial charge on any atom is -0.350 e. The molecule has 0 spiro atoms. The number of aromatic nitrogens is 1. The molecule has 0 aliphatic carbocycles. The average Bonchev–Trinajstić information content (AvgIpc) is 2.55. The fraction of sp³-hybridized carbons (Fsp3) is 0.333. The summed E-state index contributed by atoms with van der Waals surface area (Å²) in [4.78, 5) is 16.4. The molecule has 0 saturated heterocycles. The molecule has 1 atom stereocenters. The lowest BCUT2D eigenvalue weighted by atomic mass is 10.1. The number of nitrogens with zero attached hydrogens (tertiary/aromatic N) is 2. The van der Waals surface area contributed by atoms with E-state index in [1.807, 2.05) is 19.9 Å². The van der Waals surface area contributed by atoms with Gasteiger partial charge < -0.3 is 5.32 Å². The van der Waals surface area contributed by atoms with Crippen molar-refractivity contribution in [2.24, 2.45) is 0 Å². The second-order valence-electron chi connectivity index (χ2n) is 6.08. The van der Waals surface area contributed by atoms with Gasteiger partial charge in [-0.05, 0) is 61.7 Å². The number of rotatable bonds is 6. The number of anilines is 1. The molecule has 1 amide bonds. The molecule has 6 nitrogen and oxygen atoms in total. The van der Waals surface area contributed by atoms with Gasteiger partial charge in [0.15, 0.2) is 0 Å². The summed E-state index contributed by atoms with van der Waals surface area (Å²) in [6, 6.07) is 8.08. The minimum absolute atomic E-state index is 0.316. The Kier molecular flexibility index (Phi) is 5.79. The molecule has 0 unspecified atom stereocenters. The number of carbonyl (C=O) groups excluding carboxylic acids is 1. The first kappa shape index (κ1) is 18.9. The van der Waals surface area contributed by atoms with Gasteiger partial charge in [-0.2, -0.15) is 0 Å². The van der Waals surface area contributed by atoms with Crippen LogP contribution < -0.4 is 9.62 Å². The first-order valence-electron chi connectivity index (χ1n) is 7.93. The molecule has 25 heavy (non-hydrogen) atoms. The highest BCUT2D eigenvalue weighted by Gasteiger charge is 2.29. The van der Waals surface area contributed by atoms with E-state index in [-0.39, 0.29) is 5.91 Å². The summed E-state index contributed by atoms with van der Waals surface area (Å²) in [5, 5.41) is 2.77. The van der Waals surface area contributed by atoms with Crippen molar-refractivity contribution in [3.05, 3.63) is 59.4 Å². The van der Waals surface area contributed by atoms with Crippen LogP contribution in [0.3, 0.4) is 0 Å². The number of pyridine rings is 1. The van der Waals surface area contributed by atoms with Gasteiger partial charge in [-0.3, -0.25) is 14.1 Å². The van der Waals surface area contributed by atoms with Crippen molar-refractivity contribution in [2.75, 3.05) is 10.6 Å². The van der Waals surface area contributed by atoms with Gasteiger partial charge in [-0.25, -0.2) is 8.42 Å². The van der Waals surface area contributed by atoms with Crippen molar-refractivity contribution in [2.45, 2.75) is 33.4 Å². The normalized spacial score (nSPS) is 12.5. The van der Waals surface area contributed by atoms with Crippen LogP contribution in [0.1, 0.15) is 23.6 Å². The van der Waals surface area contributed by atoms with E-state index in [0.29, 0.717) is 12.2 Å². The van der Waals surface area contributed by atoms with E-state index in [0.717, 1.165) is 27.3 Å². The van der Waals surface area contributed by atoms with Gasteiger partial charge in [0, 0.05) is 18.9 Å². The third kappa shape index (κ3) is 4.79. The largest absolute Gasteiger partial charge is 0.350 e. The van der Waals surface area contributed by atoms with Gasteiger partial charge in [0.2, 0.25) is 15.9 Å². The summed E-state index contributed by atoms with van der Waals surface area (Å²) in [5.41, 5.74) is 3.41. The molecule has 1 aromatic carbocycles. The predicted molar refractivity (Wildman–Crippen MR) is 98.8 cm³/mol. The first-order chi connectivity index (χ1) is 11.7. The lowest BCUT2D eigenvalue weighted by molar-refractivity contribution is -0.122. The summed E-state index contributed by atoms with van der Waals surface area (Å²) >= 11 is 0. The number of amides is 1. The summed E-state index contributed by atoms with van der Waals surface area (Å²) < 4.78 is 25.7. The van der Waals surface area contributed by atoms with Crippen molar-refractivity contribution in [3.63, 3.8) is 0 Å². The molecular formula is C18H23N3O3S. The maximum absolute atomic E-state index is 12.5. The molecule has 2 rings (SSSR count). The quantitative estimate of drug-likeness (QED) is 0.855. The zero-order chi connectivity index (χ0) is 18.6. The fourth-order valence-corrected chi connectivity index (χ4v) is 3.68. The minimum atomic E-state index is -3.61. The van der Waals surface area contributed by atoms with E-state index in [1.165, 1.54) is 0 Å². The molecule has 134 valence electrons. The monoisotopic (exact) mass is 361 g/mol. The molecule has 0 aliphatic rings. The Balaban J connectivity index is 2.22. The average molecular weight is 361 g/mol. The molecule has 0 fully saturated rings. The van der Waals surface area contributed by atoms with E-state index < -0.39 is 16.1 Å². The van der Waals surface area contributed by atoms with Crippen LogP contribution in [-0.2, 0) is 21.4 Å². The summed E-state index contributed by atoms with van der Waals surface area (Å²) in [7, 11) is -3.61. The smallest absolute Gasteiger partial charge is 0.243 e. The van der Waals surface area contributed by atoms with Crippen molar-refractivity contribution >= 4 is 21.6 Å². The van der Waals surface area contributed by atoms with Crippen LogP contribution in [0.5, 0.6) is 0 Å². The summed E-state index contributed by atoms with van der Waals surface area (Å²) in [6.45, 7) is 5.76. The van der Waals surface area contributed by atoms with Crippen LogP contribution in [-0.4, -0.2) is 31.6 Å². The Morgan fingerprint density at radius 3 is 2.36 bits per heavy atom. The number of hydrogen-bond acceptors (Lipinski definition) is 4. The fourth-order valence-electron chi connectivity index (χ4n) is 2.51. The molecule has 1 heterocycles. The van der Waals surface area contributed by atoms with Crippen LogP contribution in [0.15, 0.2) is 42.7 Å². The number of hydrogen-bond donors (Lipinski definition) is 1. The topological polar surface area (TPSA) is 79.4 Å². The highest BCUT2D eigenvalue weighted by Crippen LogP contribution is 2.23. The van der Waals surface area contributed by atoms with Crippen molar-refractivity contribution in [1.29, 1.82) is 0 Å². The zero-order valence-electron chi connectivity index (χ0n) is 14.9. The van der Waals surface area contributed by atoms with Crippen molar-refractivity contribution < 1.29 is 13.2 Å². The third-order valence-electron chi connectivity index (χ3n) is 4.05. The van der Waals surface area contributed by atoms with Gasteiger partial charge in [-0.1, -0.05) is 6.07 Å². The molecule has 0 saturated carbocycles. The van der Waals surface area contributed by atoms with E-state index in [2.05, 4.69) is 10.3 Å². The Labute approximate surface area is 148 Å². The zero-order valence-corrected chi connectivity index (χ0v) is 15.7. The SMILES string of the molecule is Cc1ccc(N([C@@H](C)C(=O)NCc2ccncc2)S(C)(=O)=O)cc1C. The highest BCUT2D eigenvalue weighted by molar-refractivity contribution is 7.92. The van der Waals surface area contributed by atoms with Crippen LogP contribution in [0.25, 0.3) is 0 Å². The second-order valence-corrected chi connectivity index (χ2v) is 7.94. The molecule has 0 bridgehead atoms. The van der Waals surface area contributed by atoms with Crippen LogP contribution in [0.2, 0.25) is 0 Å². The molecule has 1 N–H and O–H groups in total. The lowest BCUT2D eigenvalue weighted by Crippen LogP contribution is -2.47. The predicted octanol–water partition coefficient (Wildman–Crippen LogP) is 2.17. The summed E-state index contributed by atoms with van der Waals surface area (Å²) in [6.07, 6.45) is 4.39. The van der Waals surface area contributed by atoms with Crippen LogP contribution in [0, 0.1) is 13.8 Å². The van der Waals surface area contributed by atoms with Gasteiger partial charge in [-0.15, -0.1) is 0 Å². The molecule has 1 aromatic heterocycles. The maximum Gasteiger partial charge on any atom is 0.243 e. The Morgan fingerprint density at radius 1 is 1.16 bits per heavy atom. The van der Waals surface area contributed by atoms with Gasteiger partial charge in [0.25, 0.3) is 0 Å². The van der Waals surface area contributed by atoms with E-state index >= 15 is 0 Å². The first-order valence-corrected chi connectivity index (χ1v) is 9.78. The Morgan fingerprint density at radius 2 is 1.80 bits per heavy atom. The van der Waals surface area contributed by atoms with Crippen molar-refractivity contribution in [1.82, 2.24) is 10.3 Å². The number of nitrogens with one attached hydrogen (secondary N) is 1. The Hall–Kier alpha value is -2.41. The Bertz CT molecular complexity index is 851. The molecule has 2 aromatic rings. The number of benzene rings is 1. The van der Waals surface area contributed by atoms with E-state index in [1.54, 1.807) is 43.6 Å². The van der Waals surface area contributed by atoms with Crippen molar-refractivity contribution in [3.8, 4) is 0 Å². The number of carbonyl (C=O) groups is 1. The van der Waals surface area contributed by atoms with E-state index in [4.69, 9.17) is 0 Å². The third-order valence-corrected chi connectivity index (χ3v) is 5.29.